The van der Waals surface area contributed by atoms with E-state index in [1.165, 1.54) is 11.9 Å². The number of nitrogens with zero attached hydrogens (tertiary/aromatic N) is 2. The predicted octanol–water partition coefficient (Wildman–Crippen LogP) is 2.16. The summed E-state index contributed by atoms with van der Waals surface area (Å²) >= 11 is 0. The summed E-state index contributed by atoms with van der Waals surface area (Å²) in [7, 11) is 1.52. The highest BCUT2D eigenvalue weighted by atomic mass is 16.7. The van der Waals surface area contributed by atoms with Gasteiger partial charge in [-0.15, -0.1) is 0 Å². The van der Waals surface area contributed by atoms with Crippen molar-refractivity contribution in [1.82, 2.24) is 4.90 Å². The quantitative estimate of drug-likeness (QED) is 0.798. The first-order chi connectivity index (χ1) is 11.2. The molecule has 2 aliphatic rings. The Hall–Kier alpha value is -2.66. The standard InChI is InChI=1S/C18H16N2O3/c1-19-17(21)14-15(12-8-4-2-5-9-12)20(23-16(14)18(19)22)13-10-6-3-7-11-13/h2-11,14-16H,1H3/t14-,15-,16+/m1/s1. The van der Waals surface area contributed by atoms with Crippen LogP contribution < -0.4 is 5.06 Å². The van der Waals surface area contributed by atoms with Crippen molar-refractivity contribution < 1.29 is 14.4 Å². The van der Waals surface area contributed by atoms with Gasteiger partial charge in [-0.2, -0.15) is 0 Å². The number of hydrogen-bond acceptors (Lipinski definition) is 4. The second-order valence-corrected chi connectivity index (χ2v) is 5.80. The van der Waals surface area contributed by atoms with Crippen molar-refractivity contribution >= 4 is 17.5 Å². The summed E-state index contributed by atoms with van der Waals surface area (Å²) in [4.78, 5) is 31.9. The minimum Gasteiger partial charge on any atom is -0.283 e. The first kappa shape index (κ1) is 14.0. The number of para-hydroxylation sites is 1. The number of likely N-dealkylation sites (N-methyl/N-ethyl adjacent to an activating group) is 1. The van der Waals surface area contributed by atoms with Gasteiger partial charge in [0.1, 0.15) is 5.92 Å². The first-order valence-corrected chi connectivity index (χ1v) is 7.56. The van der Waals surface area contributed by atoms with E-state index in [2.05, 4.69) is 0 Å². The van der Waals surface area contributed by atoms with Crippen LogP contribution in [0.2, 0.25) is 0 Å². The average molecular weight is 308 g/mol. The van der Waals surface area contributed by atoms with Crippen LogP contribution in [0.1, 0.15) is 11.6 Å². The van der Waals surface area contributed by atoms with E-state index in [0.29, 0.717) is 0 Å². The van der Waals surface area contributed by atoms with Crippen LogP contribution >= 0.6 is 0 Å². The number of hydroxylamine groups is 1. The van der Waals surface area contributed by atoms with Crippen molar-refractivity contribution in [3.63, 3.8) is 0 Å². The van der Waals surface area contributed by atoms with Crippen LogP contribution in [0.4, 0.5) is 5.69 Å². The van der Waals surface area contributed by atoms with E-state index in [0.717, 1.165) is 11.3 Å². The lowest BCUT2D eigenvalue weighted by Gasteiger charge is -2.28. The molecule has 0 aromatic heterocycles. The summed E-state index contributed by atoms with van der Waals surface area (Å²) < 4.78 is 0. The lowest BCUT2D eigenvalue weighted by molar-refractivity contribution is -0.141. The Bertz CT molecular complexity index is 747. The maximum atomic E-state index is 12.6. The molecule has 2 saturated heterocycles. The van der Waals surface area contributed by atoms with Gasteiger partial charge >= 0.3 is 0 Å². The van der Waals surface area contributed by atoms with Gasteiger partial charge in [0.2, 0.25) is 5.91 Å². The molecule has 2 aromatic carbocycles. The van der Waals surface area contributed by atoms with E-state index >= 15 is 0 Å². The predicted molar refractivity (Wildman–Crippen MR) is 84.2 cm³/mol. The fraction of sp³-hybridized carbons (Fsp3) is 0.222. The number of anilines is 1. The molecule has 0 bridgehead atoms. The Balaban J connectivity index is 1.82. The molecule has 2 aliphatic heterocycles. The molecule has 116 valence electrons. The van der Waals surface area contributed by atoms with E-state index < -0.39 is 12.0 Å². The molecule has 0 radical (unpaired) electrons. The van der Waals surface area contributed by atoms with Gasteiger partial charge in [0.25, 0.3) is 5.91 Å². The Labute approximate surface area is 134 Å². The third-order valence-electron chi connectivity index (χ3n) is 4.49. The highest BCUT2D eigenvalue weighted by Gasteiger charge is 2.58. The molecular formula is C18H16N2O3. The second kappa shape index (κ2) is 5.21. The number of benzene rings is 2. The number of carbonyl (C=O) groups excluding carboxylic acids is 2. The van der Waals surface area contributed by atoms with Gasteiger partial charge in [-0.05, 0) is 17.7 Å². The largest absolute Gasteiger partial charge is 0.283 e. The summed E-state index contributed by atoms with van der Waals surface area (Å²) in [5.41, 5.74) is 1.79. The number of likely N-dealkylation sites (tertiary alicyclic amines) is 1. The van der Waals surface area contributed by atoms with Gasteiger partial charge < -0.3 is 0 Å². The second-order valence-electron chi connectivity index (χ2n) is 5.80. The van der Waals surface area contributed by atoms with E-state index in [9.17, 15) is 9.59 Å². The average Bonchev–Trinajstić information content (AvgIpc) is 3.09. The monoisotopic (exact) mass is 308 g/mol. The van der Waals surface area contributed by atoms with E-state index in [1.807, 2.05) is 60.7 Å². The summed E-state index contributed by atoms with van der Waals surface area (Å²) in [6.45, 7) is 0. The van der Waals surface area contributed by atoms with Gasteiger partial charge in [-0.25, -0.2) is 5.06 Å². The van der Waals surface area contributed by atoms with Crippen molar-refractivity contribution in [1.29, 1.82) is 0 Å². The Morgan fingerprint density at radius 3 is 2.13 bits per heavy atom. The SMILES string of the molecule is CN1C(=O)[C@H]2[C@H](ON(c3ccccc3)[C@@H]2c2ccccc2)C1=O. The molecule has 3 atom stereocenters. The smallest absolute Gasteiger partial charge is 0.261 e. The van der Waals surface area contributed by atoms with Gasteiger partial charge in [0.05, 0.1) is 11.7 Å². The summed E-state index contributed by atoms with van der Waals surface area (Å²) in [6, 6.07) is 18.9. The lowest BCUT2D eigenvalue weighted by atomic mass is 9.90. The summed E-state index contributed by atoms with van der Waals surface area (Å²) in [6.07, 6.45) is -0.752. The number of amides is 2. The molecule has 0 N–H and O–H groups in total. The molecule has 5 heteroatoms. The third-order valence-corrected chi connectivity index (χ3v) is 4.49. The zero-order valence-electron chi connectivity index (χ0n) is 12.6. The van der Waals surface area contributed by atoms with Crippen molar-refractivity contribution in [2.24, 2.45) is 5.92 Å². The Kier molecular flexibility index (Phi) is 3.16. The van der Waals surface area contributed by atoms with Gasteiger partial charge in [0, 0.05) is 7.05 Å². The summed E-state index contributed by atoms with van der Waals surface area (Å²) in [5, 5.41) is 1.70. The molecule has 4 rings (SSSR count). The number of rotatable bonds is 2. The van der Waals surface area contributed by atoms with Crippen LogP contribution in [0, 0.1) is 5.92 Å². The Morgan fingerprint density at radius 2 is 1.48 bits per heavy atom. The van der Waals surface area contributed by atoms with Gasteiger partial charge in [-0.1, -0.05) is 48.5 Å². The molecule has 0 spiro atoms. The molecule has 5 nitrogen and oxygen atoms in total. The Morgan fingerprint density at radius 1 is 0.870 bits per heavy atom. The van der Waals surface area contributed by atoms with Crippen molar-refractivity contribution in [3.8, 4) is 0 Å². The minimum absolute atomic E-state index is 0.188. The maximum absolute atomic E-state index is 12.6. The molecule has 2 amide bonds. The van der Waals surface area contributed by atoms with E-state index in [-0.39, 0.29) is 17.9 Å². The zero-order valence-corrected chi connectivity index (χ0v) is 12.6. The maximum Gasteiger partial charge on any atom is 0.261 e. The molecule has 0 unspecified atom stereocenters. The van der Waals surface area contributed by atoms with Crippen LogP contribution in [-0.4, -0.2) is 29.9 Å². The molecule has 2 fully saturated rings. The number of fused-ring (bicyclic) bond motifs is 1. The normalized spacial score (nSPS) is 26.7. The number of carbonyl (C=O) groups is 2. The molecule has 23 heavy (non-hydrogen) atoms. The fourth-order valence-electron chi connectivity index (χ4n) is 3.34. The lowest BCUT2D eigenvalue weighted by Crippen LogP contribution is -2.34. The third kappa shape index (κ3) is 2.04. The molecular weight excluding hydrogens is 292 g/mol. The molecule has 0 saturated carbocycles. The molecule has 2 aromatic rings. The highest BCUT2D eigenvalue weighted by molar-refractivity contribution is 6.07. The highest BCUT2D eigenvalue weighted by Crippen LogP contribution is 2.46. The van der Waals surface area contributed by atoms with Crippen molar-refractivity contribution in [2.45, 2.75) is 12.1 Å². The van der Waals surface area contributed by atoms with Crippen molar-refractivity contribution in [2.75, 3.05) is 12.1 Å². The first-order valence-electron chi connectivity index (χ1n) is 7.56. The van der Waals surface area contributed by atoms with E-state index in [4.69, 9.17) is 4.84 Å². The van der Waals surface area contributed by atoms with Crippen LogP contribution in [-0.2, 0) is 14.4 Å². The fourth-order valence-corrected chi connectivity index (χ4v) is 3.34. The molecule has 2 heterocycles. The number of hydrogen-bond donors (Lipinski definition) is 0. The van der Waals surface area contributed by atoms with Crippen LogP contribution in [0.15, 0.2) is 60.7 Å². The van der Waals surface area contributed by atoms with Gasteiger partial charge in [0.15, 0.2) is 6.10 Å². The summed E-state index contributed by atoms with van der Waals surface area (Å²) in [5.74, 6) is -0.984. The minimum atomic E-state index is -0.752. The van der Waals surface area contributed by atoms with Gasteiger partial charge in [-0.3, -0.25) is 19.3 Å². The zero-order chi connectivity index (χ0) is 16.0. The van der Waals surface area contributed by atoms with Crippen LogP contribution in [0.25, 0.3) is 0 Å². The topological polar surface area (TPSA) is 49.9 Å². The van der Waals surface area contributed by atoms with Crippen LogP contribution in [0.3, 0.4) is 0 Å². The van der Waals surface area contributed by atoms with E-state index in [1.54, 1.807) is 5.06 Å². The molecule has 0 aliphatic carbocycles. The van der Waals surface area contributed by atoms with Crippen LogP contribution in [0.5, 0.6) is 0 Å². The number of imide groups is 1. The van der Waals surface area contributed by atoms with Crippen molar-refractivity contribution in [3.05, 3.63) is 66.2 Å².